The Bertz CT molecular complexity index is 1270. The average molecular weight is 437 g/mol. The molecular weight excluding hydrogens is 412 g/mol. The summed E-state index contributed by atoms with van der Waals surface area (Å²) in [6.07, 6.45) is 2.11. The summed E-state index contributed by atoms with van der Waals surface area (Å²) in [6.45, 7) is 2.62. The predicted octanol–water partition coefficient (Wildman–Crippen LogP) is 3.75. The molecule has 7 heteroatoms. The molecule has 1 atom stereocenters. The first kappa shape index (κ1) is 20.6. The van der Waals surface area contributed by atoms with E-state index in [0.717, 1.165) is 22.4 Å². The minimum absolute atomic E-state index is 0.106. The zero-order valence-corrected chi connectivity index (χ0v) is 18.3. The van der Waals surface area contributed by atoms with E-state index in [0.29, 0.717) is 12.5 Å². The Morgan fingerprint density at radius 3 is 2.36 bits per heavy atom. The van der Waals surface area contributed by atoms with E-state index in [2.05, 4.69) is 39.1 Å². The maximum atomic E-state index is 13.0. The van der Waals surface area contributed by atoms with E-state index >= 15 is 0 Å². The molecule has 0 spiro atoms. The largest absolute Gasteiger partial charge is 0.350 e. The van der Waals surface area contributed by atoms with Crippen molar-refractivity contribution in [2.75, 3.05) is 11.4 Å². The van der Waals surface area contributed by atoms with Crippen molar-refractivity contribution in [2.24, 2.45) is 0 Å². The fourth-order valence-corrected chi connectivity index (χ4v) is 3.98. The molecule has 1 aromatic heterocycles. The molecule has 3 aromatic carbocycles. The third kappa shape index (κ3) is 4.39. The monoisotopic (exact) mass is 436 g/mol. The lowest BCUT2D eigenvalue weighted by atomic mass is 10.0. The molecule has 1 amide bonds. The van der Waals surface area contributed by atoms with Gasteiger partial charge in [0.25, 0.3) is 5.95 Å². The lowest BCUT2D eigenvalue weighted by molar-refractivity contribution is -0.119. The van der Waals surface area contributed by atoms with Gasteiger partial charge in [-0.15, -0.1) is 0 Å². The van der Waals surface area contributed by atoms with Gasteiger partial charge in [0.2, 0.25) is 5.91 Å². The van der Waals surface area contributed by atoms with E-state index < -0.39 is 0 Å². The van der Waals surface area contributed by atoms with Crippen LogP contribution in [0.2, 0.25) is 0 Å². The van der Waals surface area contributed by atoms with E-state index in [9.17, 15) is 4.79 Å². The smallest absolute Gasteiger partial charge is 0.251 e. The molecule has 2 heterocycles. The molecule has 7 nitrogen and oxygen atoms in total. The zero-order chi connectivity index (χ0) is 22.6. The van der Waals surface area contributed by atoms with Gasteiger partial charge < -0.3 is 5.32 Å². The molecule has 0 aliphatic carbocycles. The van der Waals surface area contributed by atoms with E-state index in [1.807, 2.05) is 84.6 Å². The molecule has 0 bridgehead atoms. The lowest BCUT2D eigenvalue weighted by Crippen LogP contribution is -2.39. The number of hydrogen-bond acceptors (Lipinski definition) is 5. The van der Waals surface area contributed by atoms with E-state index in [1.54, 1.807) is 4.68 Å². The van der Waals surface area contributed by atoms with Crippen LogP contribution in [0.5, 0.6) is 0 Å². The highest BCUT2D eigenvalue weighted by Gasteiger charge is 2.31. The molecule has 0 saturated carbocycles. The van der Waals surface area contributed by atoms with Gasteiger partial charge in [-0.25, -0.2) is 0 Å². The highest BCUT2D eigenvalue weighted by Crippen LogP contribution is 2.35. The molecular formula is C26H24N6O. The highest BCUT2D eigenvalue weighted by atomic mass is 16.2. The Balaban J connectivity index is 1.45. The summed E-state index contributed by atoms with van der Waals surface area (Å²) >= 11 is 0. The van der Waals surface area contributed by atoms with Crippen LogP contribution in [0.1, 0.15) is 28.3 Å². The average Bonchev–Trinajstić information content (AvgIpc) is 3.35. The van der Waals surface area contributed by atoms with Gasteiger partial charge in [0.15, 0.2) is 0 Å². The Hall–Kier alpha value is -4.26. The van der Waals surface area contributed by atoms with Crippen LogP contribution in [0.4, 0.5) is 5.95 Å². The van der Waals surface area contributed by atoms with Crippen LogP contribution < -0.4 is 10.2 Å². The van der Waals surface area contributed by atoms with Gasteiger partial charge in [0, 0.05) is 6.54 Å². The van der Waals surface area contributed by atoms with Crippen molar-refractivity contribution in [1.29, 1.82) is 0 Å². The van der Waals surface area contributed by atoms with Gasteiger partial charge in [-0.3, -0.25) is 9.69 Å². The summed E-state index contributed by atoms with van der Waals surface area (Å²) in [4.78, 5) is 14.8. The van der Waals surface area contributed by atoms with Crippen LogP contribution in [-0.4, -0.2) is 32.7 Å². The summed E-state index contributed by atoms with van der Waals surface area (Å²) in [5, 5.41) is 15.5. The van der Waals surface area contributed by atoms with Crippen LogP contribution in [0, 0.1) is 6.92 Å². The molecule has 33 heavy (non-hydrogen) atoms. The van der Waals surface area contributed by atoms with Gasteiger partial charge in [0.05, 0.1) is 5.70 Å². The number of anilines is 1. The first-order chi connectivity index (χ1) is 16.2. The van der Waals surface area contributed by atoms with Crippen LogP contribution in [0.25, 0.3) is 5.70 Å². The normalized spacial score (nSPS) is 15.0. The van der Waals surface area contributed by atoms with Crippen molar-refractivity contribution in [3.8, 4) is 0 Å². The molecule has 0 fully saturated rings. The standard InChI is InChI=1S/C26H24N6O/c1-19-12-14-20(15-13-19)17-27-25(33)18-31-23(21-8-4-2-5-9-21)16-24(22-10-6-3-7-11-22)32-26(31)28-29-30-32/h2-16,24H,17-18H2,1H3,(H,27,33)/t24-/m0/s1. The molecule has 1 aliphatic rings. The number of carbonyl (C=O) groups is 1. The first-order valence-corrected chi connectivity index (χ1v) is 10.9. The summed E-state index contributed by atoms with van der Waals surface area (Å²) in [7, 11) is 0. The number of aryl methyl sites for hydroxylation is 1. The van der Waals surface area contributed by atoms with Gasteiger partial charge >= 0.3 is 0 Å². The Morgan fingerprint density at radius 2 is 1.64 bits per heavy atom. The van der Waals surface area contributed by atoms with Gasteiger partial charge in [-0.1, -0.05) is 95.6 Å². The van der Waals surface area contributed by atoms with Crippen molar-refractivity contribution in [3.63, 3.8) is 0 Å². The van der Waals surface area contributed by atoms with Crippen molar-refractivity contribution in [2.45, 2.75) is 19.5 Å². The minimum Gasteiger partial charge on any atom is -0.350 e. The third-order valence-electron chi connectivity index (χ3n) is 5.71. The van der Waals surface area contributed by atoms with Gasteiger partial charge in [0.1, 0.15) is 12.6 Å². The topological polar surface area (TPSA) is 75.9 Å². The van der Waals surface area contributed by atoms with Crippen molar-refractivity contribution in [1.82, 2.24) is 25.5 Å². The maximum Gasteiger partial charge on any atom is 0.251 e. The first-order valence-electron chi connectivity index (χ1n) is 10.9. The van der Waals surface area contributed by atoms with Crippen LogP contribution in [0.15, 0.2) is 91.0 Å². The molecule has 1 N–H and O–H groups in total. The van der Waals surface area contributed by atoms with Crippen LogP contribution >= 0.6 is 0 Å². The lowest BCUT2D eigenvalue weighted by Gasteiger charge is -2.32. The summed E-state index contributed by atoms with van der Waals surface area (Å²) in [6, 6.07) is 28.1. The molecule has 1 aliphatic heterocycles. The van der Waals surface area contributed by atoms with Gasteiger partial charge in [-0.2, -0.15) is 4.68 Å². The number of carbonyl (C=O) groups excluding carboxylic acids is 1. The number of hydrogen-bond donors (Lipinski definition) is 1. The predicted molar refractivity (Wildman–Crippen MR) is 127 cm³/mol. The molecule has 0 unspecified atom stereocenters. The fourth-order valence-electron chi connectivity index (χ4n) is 3.98. The van der Waals surface area contributed by atoms with E-state index in [1.165, 1.54) is 5.56 Å². The third-order valence-corrected chi connectivity index (χ3v) is 5.71. The van der Waals surface area contributed by atoms with Crippen LogP contribution in [0.3, 0.4) is 0 Å². The zero-order valence-electron chi connectivity index (χ0n) is 18.3. The Labute approximate surface area is 192 Å². The summed E-state index contributed by atoms with van der Waals surface area (Å²) < 4.78 is 1.76. The summed E-state index contributed by atoms with van der Waals surface area (Å²) in [5.41, 5.74) is 5.22. The van der Waals surface area contributed by atoms with E-state index in [4.69, 9.17) is 0 Å². The van der Waals surface area contributed by atoms with Crippen molar-refractivity contribution in [3.05, 3.63) is 113 Å². The number of nitrogens with one attached hydrogen (secondary N) is 1. The summed E-state index contributed by atoms with van der Waals surface area (Å²) in [5.74, 6) is 0.431. The second-order valence-corrected chi connectivity index (χ2v) is 8.05. The Kier molecular flexibility index (Phi) is 5.68. The number of fused-ring (bicyclic) bond motifs is 1. The number of tetrazole rings is 1. The molecule has 4 aromatic rings. The number of allylic oxidation sites excluding steroid dienone is 1. The fraction of sp³-hybridized carbons (Fsp3) is 0.154. The Morgan fingerprint density at radius 1 is 0.939 bits per heavy atom. The molecule has 164 valence electrons. The minimum atomic E-state index is -0.168. The maximum absolute atomic E-state index is 13.0. The number of benzene rings is 3. The second-order valence-electron chi connectivity index (χ2n) is 8.05. The highest BCUT2D eigenvalue weighted by molar-refractivity contribution is 5.89. The van der Waals surface area contributed by atoms with Gasteiger partial charge in [-0.05, 0) is 40.1 Å². The van der Waals surface area contributed by atoms with Crippen molar-refractivity contribution >= 4 is 17.6 Å². The number of nitrogens with zero attached hydrogens (tertiary/aromatic N) is 5. The van der Waals surface area contributed by atoms with E-state index in [-0.39, 0.29) is 18.5 Å². The molecule has 0 radical (unpaired) electrons. The number of rotatable bonds is 6. The number of amides is 1. The van der Waals surface area contributed by atoms with Crippen molar-refractivity contribution < 1.29 is 4.79 Å². The van der Waals surface area contributed by atoms with Crippen LogP contribution in [-0.2, 0) is 11.3 Å². The molecule has 5 rings (SSSR count). The second kappa shape index (κ2) is 9.08. The SMILES string of the molecule is Cc1ccc(CNC(=O)CN2C(c3ccccc3)=C[C@@H](c3ccccc3)n3nnnc32)cc1. The quantitative estimate of drug-likeness (QED) is 0.498. The number of aromatic nitrogens is 4. The molecule has 0 saturated heterocycles.